The van der Waals surface area contributed by atoms with Crippen LogP contribution in [0.1, 0.15) is 32.3 Å². The normalized spacial score (nSPS) is 42.6. The fourth-order valence-corrected chi connectivity index (χ4v) is 6.50. The van der Waals surface area contributed by atoms with E-state index < -0.39 is 67.8 Å². The smallest absolute Gasteiger partial charge is 0.373 e. The van der Waals surface area contributed by atoms with Gasteiger partial charge in [0.15, 0.2) is 0 Å². The number of fused-ring (bicyclic) bond motifs is 2. The van der Waals surface area contributed by atoms with Crippen LogP contribution in [0.15, 0.2) is 24.3 Å². The Kier molecular flexibility index (Phi) is 8.93. The first-order valence-electron chi connectivity index (χ1n) is 13.1. The summed E-state index contributed by atoms with van der Waals surface area (Å²) in [7, 11) is -2.08. The highest BCUT2D eigenvalue weighted by molar-refractivity contribution is 7.52. The zero-order valence-electron chi connectivity index (χ0n) is 22.2. The van der Waals surface area contributed by atoms with Crippen LogP contribution in [0.2, 0.25) is 0 Å². The summed E-state index contributed by atoms with van der Waals surface area (Å²) in [5.41, 5.74) is -1.14. The quantitative estimate of drug-likeness (QED) is 0.155. The number of nitrogens with one attached hydrogen (secondary N) is 2. The zero-order chi connectivity index (χ0) is 27.9. The van der Waals surface area contributed by atoms with Gasteiger partial charge in [0.25, 0.3) is 0 Å². The summed E-state index contributed by atoms with van der Waals surface area (Å²) in [6.45, 7) is 4.99. The third-order valence-electron chi connectivity index (χ3n) is 7.86. The van der Waals surface area contributed by atoms with Gasteiger partial charge in [0.1, 0.15) is 23.6 Å². The molecule has 0 aromatic heterocycles. The highest BCUT2D eigenvalue weighted by Crippen LogP contribution is 2.47. The average Bonchev–Trinajstić information content (AvgIpc) is 2.83. The maximum atomic E-state index is 11.7. The molecule has 1 aliphatic carbocycles. The largest absolute Gasteiger partial charge is 0.424 e. The molecule has 2 heterocycles. The zero-order valence-corrected chi connectivity index (χ0v) is 23.1. The number of para-hydroxylation sites is 1. The molecular formula is C25H41N2O10P. The van der Waals surface area contributed by atoms with E-state index in [-0.39, 0.29) is 13.0 Å². The van der Waals surface area contributed by atoms with Crippen molar-refractivity contribution in [3.63, 3.8) is 0 Å². The second-order valence-corrected chi connectivity index (χ2v) is 12.5. The monoisotopic (exact) mass is 560 g/mol. The van der Waals surface area contributed by atoms with Crippen molar-refractivity contribution >= 4 is 7.60 Å². The van der Waals surface area contributed by atoms with E-state index in [2.05, 4.69) is 10.6 Å². The minimum absolute atomic E-state index is 0.0316. The number of aliphatic hydroxyl groups excluding tert-OH is 2. The molecule has 38 heavy (non-hydrogen) atoms. The van der Waals surface area contributed by atoms with E-state index >= 15 is 0 Å². The van der Waals surface area contributed by atoms with Crippen molar-refractivity contribution in [1.29, 1.82) is 0 Å². The minimum atomic E-state index is -3.73. The van der Waals surface area contributed by atoms with Gasteiger partial charge in [-0.2, -0.15) is 0 Å². The van der Waals surface area contributed by atoms with Crippen molar-refractivity contribution in [3.05, 3.63) is 29.8 Å². The number of likely N-dealkylation sites (N-methyl/N-ethyl adjacent to an activating group) is 1. The minimum Gasteiger partial charge on any atom is -0.424 e. The van der Waals surface area contributed by atoms with Gasteiger partial charge in [-0.3, -0.25) is 0 Å². The summed E-state index contributed by atoms with van der Waals surface area (Å²) < 4.78 is 35.0. The van der Waals surface area contributed by atoms with Gasteiger partial charge in [0, 0.05) is 25.5 Å². The third-order valence-corrected chi connectivity index (χ3v) is 8.39. The average molecular weight is 561 g/mol. The van der Waals surface area contributed by atoms with Gasteiger partial charge in [-0.25, -0.2) is 4.57 Å². The maximum absolute atomic E-state index is 11.7. The highest BCUT2D eigenvalue weighted by atomic mass is 31.2. The number of aliphatic hydroxyl groups is 4. The second-order valence-electron chi connectivity index (χ2n) is 10.7. The molecule has 11 atom stereocenters. The number of hydrogen-bond donors (Lipinski definition) is 7. The lowest BCUT2D eigenvalue weighted by Gasteiger charge is -2.60. The van der Waals surface area contributed by atoms with Crippen molar-refractivity contribution in [3.8, 4) is 5.75 Å². The highest BCUT2D eigenvalue weighted by Gasteiger charge is 2.68. The molecule has 1 unspecified atom stereocenters. The number of rotatable bonds is 9. The van der Waals surface area contributed by atoms with Crippen LogP contribution in [0.5, 0.6) is 5.75 Å². The van der Waals surface area contributed by atoms with Crippen LogP contribution >= 0.6 is 7.60 Å². The Morgan fingerprint density at radius 1 is 1.16 bits per heavy atom. The third kappa shape index (κ3) is 5.68. The Morgan fingerprint density at radius 2 is 1.87 bits per heavy atom. The Labute approximate surface area is 222 Å². The van der Waals surface area contributed by atoms with Gasteiger partial charge < -0.3 is 54.7 Å². The van der Waals surface area contributed by atoms with Crippen LogP contribution < -0.4 is 15.2 Å². The molecule has 0 spiro atoms. The predicted octanol–water partition coefficient (Wildman–Crippen LogP) is -0.299. The van der Waals surface area contributed by atoms with Gasteiger partial charge >= 0.3 is 7.60 Å². The molecule has 0 amide bonds. The standard InChI is InChI=1S/C25H41N2O10P/c1-5-16-19(28)18(26-3)21-22(20(16)29)35-23-25(31,36-21)24(30,12-14(2)34-23)13-27-11-10-15-8-6-7-9-17(15)37-38(4,32)33/h6-9,14,16,18-23,26-31H,5,10-13H2,1-4H3,(H,32,33)/t14-,16-,18+,19+,20+,21-,22-,23+,24-,25-/m1/s1. The summed E-state index contributed by atoms with van der Waals surface area (Å²) in [6.07, 6.45) is -4.74. The Balaban J connectivity index is 1.49. The summed E-state index contributed by atoms with van der Waals surface area (Å²) in [5.74, 6) is -2.45. The molecule has 1 aromatic carbocycles. The molecule has 7 N–H and O–H groups in total. The first kappa shape index (κ1) is 29.8. The fraction of sp³-hybridized carbons (Fsp3) is 0.760. The summed E-state index contributed by atoms with van der Waals surface area (Å²) >= 11 is 0. The number of ether oxygens (including phenoxy) is 3. The van der Waals surface area contributed by atoms with Crippen molar-refractivity contribution in [1.82, 2.24) is 10.6 Å². The molecule has 0 radical (unpaired) electrons. The fourth-order valence-electron chi connectivity index (χ4n) is 5.95. The molecule has 4 rings (SSSR count). The first-order chi connectivity index (χ1) is 17.8. The lowest BCUT2D eigenvalue weighted by molar-refractivity contribution is -0.483. The van der Waals surface area contributed by atoms with Gasteiger partial charge in [0.2, 0.25) is 12.1 Å². The predicted molar refractivity (Wildman–Crippen MR) is 137 cm³/mol. The van der Waals surface area contributed by atoms with E-state index in [0.717, 1.165) is 6.66 Å². The number of hydrogen-bond acceptors (Lipinski definition) is 11. The van der Waals surface area contributed by atoms with E-state index in [1.54, 1.807) is 38.2 Å². The molecular weight excluding hydrogens is 519 g/mol. The molecule has 2 aliphatic heterocycles. The Hall–Kier alpha value is -1.15. The SMILES string of the molecule is CC[C@@H]1[C@H](O)[C@H](NC)[C@H]2O[C@]3(O)[C@H](O[C@@H]2[C@H]1O)O[C@H](C)C[C@@]3(O)CNCCc1ccccc1OP(C)(=O)O. The van der Waals surface area contributed by atoms with Crippen LogP contribution in [-0.4, -0.2) is 106 Å². The van der Waals surface area contributed by atoms with E-state index in [1.807, 2.05) is 6.92 Å². The summed E-state index contributed by atoms with van der Waals surface area (Å²) in [5, 5.41) is 51.4. The molecule has 216 valence electrons. The first-order valence-corrected chi connectivity index (χ1v) is 15.1. The molecule has 13 heteroatoms. The molecule has 2 saturated heterocycles. The van der Waals surface area contributed by atoms with Crippen molar-refractivity contribution in [2.45, 2.75) is 87.3 Å². The van der Waals surface area contributed by atoms with Gasteiger partial charge in [0.05, 0.1) is 24.4 Å². The second kappa shape index (κ2) is 11.4. The van der Waals surface area contributed by atoms with Crippen molar-refractivity contribution in [2.75, 3.05) is 26.8 Å². The molecule has 3 fully saturated rings. The topological polar surface area (TPSA) is 179 Å². The molecule has 1 aromatic rings. The molecule has 1 saturated carbocycles. The van der Waals surface area contributed by atoms with Crippen LogP contribution in [0.3, 0.4) is 0 Å². The summed E-state index contributed by atoms with van der Waals surface area (Å²) in [4.78, 5) is 9.60. The lowest BCUT2D eigenvalue weighted by atomic mass is 9.74. The maximum Gasteiger partial charge on any atom is 0.373 e. The van der Waals surface area contributed by atoms with Gasteiger partial charge in [-0.05, 0) is 45.0 Å². The van der Waals surface area contributed by atoms with E-state index in [4.69, 9.17) is 18.7 Å². The molecule has 12 nitrogen and oxygen atoms in total. The molecule has 3 aliphatic rings. The van der Waals surface area contributed by atoms with E-state index in [0.29, 0.717) is 30.7 Å². The van der Waals surface area contributed by atoms with Crippen LogP contribution in [0.4, 0.5) is 0 Å². The van der Waals surface area contributed by atoms with E-state index in [9.17, 15) is 29.9 Å². The lowest BCUT2D eigenvalue weighted by Crippen LogP contribution is -2.80. The van der Waals surface area contributed by atoms with Crippen molar-refractivity contribution in [2.24, 2.45) is 5.92 Å². The molecule has 0 bridgehead atoms. The van der Waals surface area contributed by atoms with Crippen LogP contribution in [-0.2, 0) is 25.2 Å². The van der Waals surface area contributed by atoms with Gasteiger partial charge in [-0.1, -0.05) is 25.1 Å². The Morgan fingerprint density at radius 3 is 2.53 bits per heavy atom. The summed E-state index contributed by atoms with van der Waals surface area (Å²) in [6, 6.07) is 6.23. The Bertz CT molecular complexity index is 1010. The van der Waals surface area contributed by atoms with Crippen LogP contribution in [0.25, 0.3) is 0 Å². The van der Waals surface area contributed by atoms with Crippen LogP contribution in [0, 0.1) is 5.92 Å². The van der Waals surface area contributed by atoms with Gasteiger partial charge in [-0.15, -0.1) is 0 Å². The van der Waals surface area contributed by atoms with Crippen molar-refractivity contribution < 1.29 is 48.6 Å². The van der Waals surface area contributed by atoms with E-state index in [1.165, 1.54) is 0 Å². The number of benzene rings is 1.